The highest BCUT2D eigenvalue weighted by molar-refractivity contribution is 7.87. The van der Waals surface area contributed by atoms with Crippen LogP contribution in [-0.4, -0.2) is 38.7 Å². The molecule has 15 heavy (non-hydrogen) atoms. The summed E-state index contributed by atoms with van der Waals surface area (Å²) in [5, 5.41) is 10.3. The quantitative estimate of drug-likeness (QED) is 0.677. The second-order valence-electron chi connectivity index (χ2n) is 3.48. The van der Waals surface area contributed by atoms with Crippen molar-refractivity contribution in [3.8, 4) is 0 Å². The van der Waals surface area contributed by atoms with Crippen LogP contribution in [0.2, 0.25) is 0 Å². The number of carbonyl (C=O) groups is 2. The van der Waals surface area contributed by atoms with E-state index in [1.165, 1.54) is 0 Å². The molecule has 0 aromatic heterocycles. The Balaban J connectivity index is 4.40. The highest BCUT2D eigenvalue weighted by Gasteiger charge is 2.29. The number of carboxylic acid groups (broad SMARTS) is 1. The van der Waals surface area contributed by atoms with Gasteiger partial charge in [0, 0.05) is 17.3 Å². The molecule has 0 spiro atoms. The van der Waals surface area contributed by atoms with Crippen molar-refractivity contribution >= 4 is 22.7 Å². The number of amides is 1. The Hall–Kier alpha value is -0.910. The number of aliphatic carboxylic acids is 1. The molecule has 1 amide bonds. The molecule has 0 aliphatic carbocycles. The number of hydrogen-bond acceptors (Lipinski definition) is 3. The molecule has 0 saturated carbocycles. The molecule has 0 aromatic carbocycles. The van der Waals surface area contributed by atoms with Gasteiger partial charge in [0.1, 0.15) is 11.0 Å². The highest BCUT2D eigenvalue weighted by Crippen LogP contribution is 2.10. The van der Waals surface area contributed by atoms with E-state index in [9.17, 15) is 13.8 Å². The van der Waals surface area contributed by atoms with Gasteiger partial charge in [-0.05, 0) is 12.8 Å². The fraction of sp³-hybridized carbons (Fsp3) is 0.778. The lowest BCUT2D eigenvalue weighted by Gasteiger charge is -2.15. The molecule has 0 rings (SSSR count). The average Bonchev–Trinajstić information content (AvgIpc) is 2.01. The monoisotopic (exact) mass is 235 g/mol. The second-order valence-corrected chi connectivity index (χ2v) is 5.04. The summed E-state index contributed by atoms with van der Waals surface area (Å²) in [6.07, 6.45) is 0. The van der Waals surface area contributed by atoms with E-state index in [0.29, 0.717) is 6.54 Å². The van der Waals surface area contributed by atoms with Gasteiger partial charge in [0.25, 0.3) is 0 Å². The van der Waals surface area contributed by atoms with E-state index in [1.807, 2.05) is 0 Å². The third-order valence-corrected chi connectivity index (χ3v) is 3.64. The Labute approximate surface area is 91.7 Å². The maximum atomic E-state index is 11.6. The lowest BCUT2D eigenvalue weighted by molar-refractivity contribution is -0.137. The van der Waals surface area contributed by atoms with Crippen LogP contribution in [0.1, 0.15) is 20.8 Å². The van der Waals surface area contributed by atoms with E-state index in [2.05, 4.69) is 5.32 Å². The normalized spacial score (nSPS) is 14.7. The molecule has 0 fully saturated rings. The van der Waals surface area contributed by atoms with Crippen LogP contribution >= 0.6 is 0 Å². The van der Waals surface area contributed by atoms with Crippen LogP contribution in [0.3, 0.4) is 0 Å². The number of hydrogen-bond donors (Lipinski definition) is 2. The molecule has 0 heterocycles. The van der Waals surface area contributed by atoms with Crippen LogP contribution in [-0.2, 0) is 20.4 Å². The van der Waals surface area contributed by atoms with Crippen LogP contribution in [0.5, 0.6) is 0 Å². The van der Waals surface area contributed by atoms with Crippen molar-refractivity contribution in [2.24, 2.45) is 5.92 Å². The zero-order chi connectivity index (χ0) is 12.0. The fourth-order valence-electron chi connectivity index (χ4n) is 1.17. The fourth-order valence-corrected chi connectivity index (χ4v) is 2.54. The third-order valence-electron chi connectivity index (χ3n) is 1.78. The topological polar surface area (TPSA) is 83.5 Å². The molecule has 6 heteroatoms. The number of carbonyl (C=O) groups excluding carboxylic acids is 1. The van der Waals surface area contributed by atoms with Crippen molar-refractivity contribution in [2.45, 2.75) is 26.0 Å². The van der Waals surface area contributed by atoms with Gasteiger partial charge in [0.15, 0.2) is 0 Å². The highest BCUT2D eigenvalue weighted by atomic mass is 32.2. The Kier molecular flexibility index (Phi) is 6.15. The van der Waals surface area contributed by atoms with Gasteiger partial charge in [-0.1, -0.05) is 13.8 Å². The summed E-state index contributed by atoms with van der Waals surface area (Å²) in [5.74, 6) is -1.99. The zero-order valence-electron chi connectivity index (χ0n) is 9.15. The average molecular weight is 235 g/mol. The molecule has 2 N–H and O–H groups in total. The Bertz CT molecular complexity index is 265. The second kappa shape index (κ2) is 6.55. The summed E-state index contributed by atoms with van der Waals surface area (Å²) in [7, 11) is -1.66. The van der Waals surface area contributed by atoms with Crippen LogP contribution in [0.4, 0.5) is 0 Å². The summed E-state index contributed by atoms with van der Waals surface area (Å²) in [5.41, 5.74) is 0. The summed E-state index contributed by atoms with van der Waals surface area (Å²) in [6, 6.07) is 0. The summed E-state index contributed by atoms with van der Waals surface area (Å²) >= 11 is 0. The number of nitrogens with one attached hydrogen (secondary N) is 1. The number of carboxylic acids is 1. The molecule has 0 bridgehead atoms. The van der Waals surface area contributed by atoms with E-state index in [4.69, 9.17) is 5.11 Å². The van der Waals surface area contributed by atoms with Crippen LogP contribution in [0.25, 0.3) is 0 Å². The molecular formula is C9H17NO4S. The van der Waals surface area contributed by atoms with Crippen LogP contribution < -0.4 is 5.32 Å². The van der Waals surface area contributed by atoms with Gasteiger partial charge >= 0.3 is 5.97 Å². The van der Waals surface area contributed by atoms with Gasteiger partial charge in [-0.3, -0.25) is 13.8 Å². The van der Waals surface area contributed by atoms with Crippen molar-refractivity contribution < 1.29 is 18.9 Å². The molecular weight excluding hydrogens is 218 g/mol. The molecule has 0 radical (unpaired) electrons. The van der Waals surface area contributed by atoms with Crippen molar-refractivity contribution in [1.29, 1.82) is 0 Å². The Morgan fingerprint density at radius 1 is 1.40 bits per heavy atom. The molecule has 5 nitrogen and oxygen atoms in total. The van der Waals surface area contributed by atoms with Gasteiger partial charge in [-0.25, -0.2) is 0 Å². The van der Waals surface area contributed by atoms with E-state index in [0.717, 1.165) is 0 Å². The number of rotatable bonds is 6. The third kappa shape index (κ3) is 4.92. The summed E-state index contributed by atoms with van der Waals surface area (Å²) in [4.78, 5) is 21.9. The van der Waals surface area contributed by atoms with E-state index < -0.39 is 22.0 Å². The van der Waals surface area contributed by atoms with E-state index >= 15 is 0 Å². The summed E-state index contributed by atoms with van der Waals surface area (Å²) in [6.45, 7) is 5.55. The van der Waals surface area contributed by atoms with Crippen molar-refractivity contribution in [3.05, 3.63) is 0 Å². The summed E-state index contributed by atoms with van der Waals surface area (Å²) < 4.78 is 11.6. The van der Waals surface area contributed by atoms with Gasteiger partial charge in [0.2, 0.25) is 5.91 Å². The van der Waals surface area contributed by atoms with Crippen molar-refractivity contribution in [1.82, 2.24) is 5.32 Å². The SMILES string of the molecule is CCNC(=O)CS(=O)C(C(=O)O)C(C)C. The molecule has 2 unspecified atom stereocenters. The van der Waals surface area contributed by atoms with Crippen LogP contribution in [0.15, 0.2) is 0 Å². The van der Waals surface area contributed by atoms with E-state index in [-0.39, 0.29) is 17.6 Å². The van der Waals surface area contributed by atoms with Crippen LogP contribution in [0, 0.1) is 5.92 Å². The zero-order valence-corrected chi connectivity index (χ0v) is 9.97. The van der Waals surface area contributed by atoms with Gasteiger partial charge < -0.3 is 10.4 Å². The first kappa shape index (κ1) is 14.1. The van der Waals surface area contributed by atoms with Crippen molar-refractivity contribution in [3.63, 3.8) is 0 Å². The predicted octanol–water partition coefficient (Wildman–Crippen LogP) is -0.0196. The minimum atomic E-state index is -1.66. The standard InChI is InChI=1S/C9H17NO4S/c1-4-10-7(11)5-15(14)8(6(2)3)9(12)13/h6,8H,4-5H2,1-3H3,(H,10,11)(H,12,13). The lowest BCUT2D eigenvalue weighted by Crippen LogP contribution is -2.37. The molecule has 2 atom stereocenters. The Morgan fingerprint density at radius 2 is 1.93 bits per heavy atom. The first-order chi connectivity index (χ1) is 6.90. The lowest BCUT2D eigenvalue weighted by atomic mass is 10.1. The molecule has 0 aliphatic rings. The van der Waals surface area contributed by atoms with Crippen molar-refractivity contribution in [2.75, 3.05) is 12.3 Å². The molecule has 0 aromatic rings. The van der Waals surface area contributed by atoms with Gasteiger partial charge in [-0.2, -0.15) is 0 Å². The van der Waals surface area contributed by atoms with E-state index in [1.54, 1.807) is 20.8 Å². The first-order valence-corrected chi connectivity index (χ1v) is 6.15. The molecule has 88 valence electrons. The minimum Gasteiger partial charge on any atom is -0.480 e. The predicted molar refractivity (Wildman–Crippen MR) is 58.0 cm³/mol. The largest absolute Gasteiger partial charge is 0.480 e. The van der Waals surface area contributed by atoms with Gasteiger partial charge in [0.05, 0.1) is 0 Å². The minimum absolute atomic E-state index is 0.247. The molecule has 0 saturated heterocycles. The maximum Gasteiger partial charge on any atom is 0.319 e. The Morgan fingerprint density at radius 3 is 2.27 bits per heavy atom. The van der Waals surface area contributed by atoms with Gasteiger partial charge in [-0.15, -0.1) is 0 Å². The molecule has 0 aliphatic heterocycles. The first-order valence-electron chi connectivity index (χ1n) is 4.76. The smallest absolute Gasteiger partial charge is 0.319 e. The maximum absolute atomic E-state index is 11.6.